The minimum Gasteiger partial charge on any atom is -0.465 e. The SMILES string of the molecule is CCOC(=O)C(CC)NC(C)CCC(C)C. The van der Waals surface area contributed by atoms with Gasteiger partial charge in [-0.05, 0) is 39.0 Å². The van der Waals surface area contributed by atoms with Crippen molar-refractivity contribution in [3.05, 3.63) is 0 Å². The lowest BCUT2D eigenvalue weighted by molar-refractivity contribution is -0.146. The highest BCUT2D eigenvalue weighted by atomic mass is 16.5. The first-order valence-electron chi connectivity index (χ1n) is 6.43. The predicted octanol–water partition coefficient (Wildman–Crippen LogP) is 2.74. The van der Waals surface area contributed by atoms with Crippen LogP contribution >= 0.6 is 0 Å². The maximum Gasteiger partial charge on any atom is 0.323 e. The minimum absolute atomic E-state index is 0.124. The quantitative estimate of drug-likeness (QED) is 0.650. The van der Waals surface area contributed by atoms with Crippen LogP contribution in [0.2, 0.25) is 0 Å². The number of hydrogen-bond donors (Lipinski definition) is 1. The van der Waals surface area contributed by atoms with Crippen LogP contribution in [0.1, 0.15) is 53.9 Å². The Kier molecular flexibility index (Phi) is 8.26. The summed E-state index contributed by atoms with van der Waals surface area (Å²) in [6, 6.07) is 0.221. The molecule has 3 heteroatoms. The van der Waals surface area contributed by atoms with Crippen LogP contribution in [0.5, 0.6) is 0 Å². The van der Waals surface area contributed by atoms with Crippen LogP contribution in [-0.4, -0.2) is 24.7 Å². The van der Waals surface area contributed by atoms with Gasteiger partial charge in [-0.2, -0.15) is 0 Å². The van der Waals surface area contributed by atoms with Gasteiger partial charge in [-0.15, -0.1) is 0 Å². The number of hydrogen-bond acceptors (Lipinski definition) is 3. The summed E-state index contributed by atoms with van der Waals surface area (Å²) in [6.07, 6.45) is 3.08. The second kappa shape index (κ2) is 8.57. The van der Waals surface area contributed by atoms with E-state index in [4.69, 9.17) is 4.74 Å². The lowest BCUT2D eigenvalue weighted by Gasteiger charge is -2.21. The number of ether oxygens (including phenoxy) is 1. The first-order chi connectivity index (χ1) is 7.51. The van der Waals surface area contributed by atoms with Gasteiger partial charge in [0.05, 0.1) is 6.61 Å². The Morgan fingerprint density at radius 1 is 1.19 bits per heavy atom. The summed E-state index contributed by atoms with van der Waals surface area (Å²) in [6.45, 7) is 10.9. The average Bonchev–Trinajstić information content (AvgIpc) is 2.23. The zero-order valence-electron chi connectivity index (χ0n) is 11.4. The van der Waals surface area contributed by atoms with Gasteiger partial charge in [-0.3, -0.25) is 4.79 Å². The molecule has 0 fully saturated rings. The van der Waals surface area contributed by atoms with Crippen LogP contribution in [0.3, 0.4) is 0 Å². The molecule has 96 valence electrons. The van der Waals surface area contributed by atoms with Gasteiger partial charge in [-0.1, -0.05) is 20.8 Å². The van der Waals surface area contributed by atoms with E-state index in [2.05, 4.69) is 26.1 Å². The van der Waals surface area contributed by atoms with E-state index < -0.39 is 0 Å². The molecule has 0 aromatic rings. The van der Waals surface area contributed by atoms with Crippen LogP contribution in [0.25, 0.3) is 0 Å². The van der Waals surface area contributed by atoms with Crippen molar-refractivity contribution in [3.63, 3.8) is 0 Å². The van der Waals surface area contributed by atoms with Gasteiger partial charge in [0, 0.05) is 6.04 Å². The summed E-state index contributed by atoms with van der Waals surface area (Å²) in [5, 5.41) is 3.33. The summed E-state index contributed by atoms with van der Waals surface area (Å²) < 4.78 is 5.02. The Labute approximate surface area is 99.9 Å². The summed E-state index contributed by atoms with van der Waals surface area (Å²) in [5.41, 5.74) is 0. The highest BCUT2D eigenvalue weighted by Gasteiger charge is 2.19. The summed E-state index contributed by atoms with van der Waals surface area (Å²) >= 11 is 0. The molecule has 0 aromatic heterocycles. The number of nitrogens with one attached hydrogen (secondary N) is 1. The standard InChI is InChI=1S/C13H27NO2/c1-6-12(13(15)16-7-2)14-11(5)9-8-10(3)4/h10-12,14H,6-9H2,1-5H3. The second-order valence-electron chi connectivity index (χ2n) is 4.75. The molecule has 0 aliphatic heterocycles. The van der Waals surface area contributed by atoms with Crippen molar-refractivity contribution in [2.45, 2.75) is 66.0 Å². The van der Waals surface area contributed by atoms with Crippen LogP contribution in [0.15, 0.2) is 0 Å². The van der Waals surface area contributed by atoms with E-state index >= 15 is 0 Å². The molecule has 0 amide bonds. The molecular weight excluding hydrogens is 202 g/mol. The fraction of sp³-hybridized carbons (Fsp3) is 0.923. The molecule has 0 aliphatic carbocycles. The Bertz CT molecular complexity index is 192. The van der Waals surface area contributed by atoms with Crippen molar-refractivity contribution in [1.82, 2.24) is 5.32 Å². The largest absolute Gasteiger partial charge is 0.465 e. The van der Waals surface area contributed by atoms with Crippen LogP contribution in [-0.2, 0) is 9.53 Å². The third kappa shape index (κ3) is 6.83. The third-order valence-corrected chi connectivity index (χ3v) is 2.64. The molecule has 2 atom stereocenters. The van der Waals surface area contributed by atoms with E-state index in [1.54, 1.807) is 0 Å². The smallest absolute Gasteiger partial charge is 0.323 e. The van der Waals surface area contributed by atoms with Crippen LogP contribution < -0.4 is 5.32 Å². The molecule has 3 nitrogen and oxygen atoms in total. The number of rotatable bonds is 8. The van der Waals surface area contributed by atoms with Crippen molar-refractivity contribution >= 4 is 5.97 Å². The molecule has 0 aliphatic rings. The molecular formula is C13H27NO2. The van der Waals surface area contributed by atoms with Crippen molar-refractivity contribution < 1.29 is 9.53 Å². The Morgan fingerprint density at radius 2 is 1.81 bits per heavy atom. The Morgan fingerprint density at radius 3 is 2.25 bits per heavy atom. The van der Waals surface area contributed by atoms with Gasteiger partial charge in [0.25, 0.3) is 0 Å². The first-order valence-corrected chi connectivity index (χ1v) is 6.43. The van der Waals surface area contributed by atoms with Crippen molar-refractivity contribution in [2.24, 2.45) is 5.92 Å². The van der Waals surface area contributed by atoms with E-state index in [1.165, 1.54) is 6.42 Å². The summed E-state index contributed by atoms with van der Waals surface area (Å²) in [4.78, 5) is 11.6. The van der Waals surface area contributed by atoms with Gasteiger partial charge in [0.1, 0.15) is 6.04 Å². The van der Waals surface area contributed by atoms with Crippen molar-refractivity contribution in [3.8, 4) is 0 Å². The van der Waals surface area contributed by atoms with Gasteiger partial charge in [-0.25, -0.2) is 0 Å². The Hall–Kier alpha value is -0.570. The molecule has 1 N–H and O–H groups in total. The van der Waals surface area contributed by atoms with Crippen molar-refractivity contribution in [1.29, 1.82) is 0 Å². The fourth-order valence-electron chi connectivity index (χ4n) is 1.61. The molecule has 0 rings (SSSR count). The zero-order valence-corrected chi connectivity index (χ0v) is 11.4. The number of esters is 1. The predicted molar refractivity (Wildman–Crippen MR) is 67.4 cm³/mol. The number of carbonyl (C=O) groups excluding carboxylic acids is 1. The highest BCUT2D eigenvalue weighted by Crippen LogP contribution is 2.08. The zero-order chi connectivity index (χ0) is 12.6. The second-order valence-corrected chi connectivity index (χ2v) is 4.75. The van der Waals surface area contributed by atoms with E-state index in [-0.39, 0.29) is 12.0 Å². The Balaban J connectivity index is 3.96. The van der Waals surface area contributed by atoms with Gasteiger partial charge in [0.15, 0.2) is 0 Å². The van der Waals surface area contributed by atoms with Gasteiger partial charge in [0.2, 0.25) is 0 Å². The lowest BCUT2D eigenvalue weighted by Crippen LogP contribution is -2.42. The van der Waals surface area contributed by atoms with E-state index in [9.17, 15) is 4.79 Å². The fourth-order valence-corrected chi connectivity index (χ4v) is 1.61. The van der Waals surface area contributed by atoms with E-state index in [0.29, 0.717) is 18.6 Å². The van der Waals surface area contributed by atoms with Gasteiger partial charge < -0.3 is 10.1 Å². The molecule has 0 radical (unpaired) electrons. The van der Waals surface area contributed by atoms with E-state index in [0.717, 1.165) is 12.8 Å². The maximum absolute atomic E-state index is 11.6. The van der Waals surface area contributed by atoms with Gasteiger partial charge >= 0.3 is 5.97 Å². The first kappa shape index (κ1) is 15.4. The minimum atomic E-state index is -0.151. The molecule has 2 unspecified atom stereocenters. The third-order valence-electron chi connectivity index (χ3n) is 2.64. The molecule has 0 spiro atoms. The number of carbonyl (C=O) groups is 1. The molecule has 16 heavy (non-hydrogen) atoms. The monoisotopic (exact) mass is 229 g/mol. The maximum atomic E-state index is 11.6. The molecule has 0 aromatic carbocycles. The summed E-state index contributed by atoms with van der Waals surface area (Å²) in [7, 11) is 0. The topological polar surface area (TPSA) is 38.3 Å². The molecule has 0 bridgehead atoms. The highest BCUT2D eigenvalue weighted by molar-refractivity contribution is 5.75. The summed E-state index contributed by atoms with van der Waals surface area (Å²) in [5.74, 6) is 0.591. The van der Waals surface area contributed by atoms with Crippen LogP contribution in [0, 0.1) is 5.92 Å². The normalized spacial score (nSPS) is 14.9. The van der Waals surface area contributed by atoms with E-state index in [1.807, 2.05) is 13.8 Å². The molecule has 0 heterocycles. The van der Waals surface area contributed by atoms with Crippen LogP contribution in [0.4, 0.5) is 0 Å². The van der Waals surface area contributed by atoms with Crippen molar-refractivity contribution in [2.75, 3.05) is 6.61 Å². The molecule has 0 saturated heterocycles. The average molecular weight is 229 g/mol. The lowest BCUT2D eigenvalue weighted by atomic mass is 10.0. The molecule has 0 saturated carbocycles.